The van der Waals surface area contributed by atoms with E-state index < -0.39 is 11.1 Å². The van der Waals surface area contributed by atoms with E-state index in [-0.39, 0.29) is 24.1 Å². The van der Waals surface area contributed by atoms with Crippen LogP contribution in [-0.2, 0) is 11.4 Å². The monoisotopic (exact) mass is 453 g/mol. The van der Waals surface area contributed by atoms with Crippen LogP contribution in [-0.4, -0.2) is 31.1 Å². The van der Waals surface area contributed by atoms with Crippen molar-refractivity contribution in [3.8, 4) is 11.4 Å². The van der Waals surface area contributed by atoms with E-state index in [1.807, 2.05) is 30.3 Å². The molecule has 0 bridgehead atoms. The third-order valence-electron chi connectivity index (χ3n) is 4.43. The Morgan fingerprint density at radius 3 is 2.66 bits per heavy atom. The zero-order valence-corrected chi connectivity index (χ0v) is 18.2. The second-order valence-electron chi connectivity index (χ2n) is 6.87. The molecule has 0 saturated heterocycles. The Kier molecular flexibility index (Phi) is 6.50. The molecular formula is C22H20FN5O3S. The predicted octanol–water partition coefficient (Wildman–Crippen LogP) is 4.40. The highest BCUT2D eigenvalue weighted by molar-refractivity contribution is 8.00. The van der Waals surface area contributed by atoms with Crippen LogP contribution in [0.15, 0.2) is 70.3 Å². The number of nitrogens with one attached hydrogen (secondary N) is 1. The lowest BCUT2D eigenvalue weighted by Crippen LogP contribution is -2.22. The van der Waals surface area contributed by atoms with Gasteiger partial charge in [-0.25, -0.2) is 4.39 Å². The zero-order valence-electron chi connectivity index (χ0n) is 17.4. The number of ether oxygens (including phenoxy) is 1. The Hall–Kier alpha value is -3.66. The van der Waals surface area contributed by atoms with Gasteiger partial charge in [0.15, 0.2) is 22.5 Å². The number of hydrogen-bond acceptors (Lipinski definition) is 7. The number of nitrogens with zero attached hydrogens (tertiary/aromatic N) is 4. The van der Waals surface area contributed by atoms with Gasteiger partial charge >= 0.3 is 0 Å². The van der Waals surface area contributed by atoms with Crippen molar-refractivity contribution < 1.29 is 18.4 Å². The molecule has 2 aromatic heterocycles. The van der Waals surface area contributed by atoms with Crippen LogP contribution in [0.3, 0.4) is 0 Å². The van der Waals surface area contributed by atoms with Gasteiger partial charge in [-0.2, -0.15) is 0 Å². The summed E-state index contributed by atoms with van der Waals surface area (Å²) in [6.07, 6.45) is 0. The lowest BCUT2D eigenvalue weighted by atomic mass is 10.3. The van der Waals surface area contributed by atoms with E-state index in [2.05, 4.69) is 20.7 Å². The number of anilines is 1. The number of aryl methyl sites for hydroxylation is 1. The van der Waals surface area contributed by atoms with Crippen molar-refractivity contribution in [2.45, 2.75) is 30.9 Å². The van der Waals surface area contributed by atoms with E-state index in [9.17, 15) is 9.18 Å². The number of para-hydroxylation sites is 2. The fourth-order valence-corrected chi connectivity index (χ4v) is 3.75. The Labute approximate surface area is 187 Å². The van der Waals surface area contributed by atoms with Crippen LogP contribution in [0.1, 0.15) is 18.4 Å². The summed E-state index contributed by atoms with van der Waals surface area (Å²) in [5, 5.41) is 14.9. The molecule has 0 radical (unpaired) electrons. The number of aromatic nitrogens is 4. The Bertz CT molecular complexity index is 1210. The van der Waals surface area contributed by atoms with Crippen LogP contribution < -0.4 is 10.1 Å². The lowest BCUT2D eigenvalue weighted by molar-refractivity contribution is -0.115. The van der Waals surface area contributed by atoms with Crippen LogP contribution >= 0.6 is 11.8 Å². The third kappa shape index (κ3) is 4.97. The van der Waals surface area contributed by atoms with Crippen molar-refractivity contribution in [2.24, 2.45) is 0 Å². The Balaban J connectivity index is 1.55. The first-order chi connectivity index (χ1) is 15.5. The largest absolute Gasteiger partial charge is 0.483 e. The SMILES string of the molecule is Cc1cc(NC(=O)C(C)Sc2nnc(COc3ccccc3F)n2-c2ccccc2)on1. The first-order valence-electron chi connectivity index (χ1n) is 9.79. The van der Waals surface area contributed by atoms with Crippen LogP contribution in [0.2, 0.25) is 0 Å². The van der Waals surface area contributed by atoms with Crippen molar-refractivity contribution in [3.05, 3.63) is 78.0 Å². The molecular weight excluding hydrogens is 433 g/mol. The van der Waals surface area contributed by atoms with Crippen LogP contribution in [0.25, 0.3) is 5.69 Å². The van der Waals surface area contributed by atoms with Gasteiger partial charge in [0, 0.05) is 11.8 Å². The highest BCUT2D eigenvalue weighted by Crippen LogP contribution is 2.27. The van der Waals surface area contributed by atoms with Gasteiger partial charge in [0.05, 0.1) is 10.9 Å². The van der Waals surface area contributed by atoms with E-state index in [0.29, 0.717) is 16.7 Å². The summed E-state index contributed by atoms with van der Waals surface area (Å²) in [6.45, 7) is 3.52. The highest BCUT2D eigenvalue weighted by Gasteiger charge is 2.22. The smallest absolute Gasteiger partial charge is 0.240 e. The summed E-state index contributed by atoms with van der Waals surface area (Å²) in [6, 6.07) is 17.2. The van der Waals surface area contributed by atoms with Gasteiger partial charge in [-0.3, -0.25) is 14.7 Å². The average Bonchev–Trinajstić information content (AvgIpc) is 3.39. The minimum Gasteiger partial charge on any atom is -0.483 e. The molecule has 0 aliphatic rings. The summed E-state index contributed by atoms with van der Waals surface area (Å²) >= 11 is 1.23. The number of carbonyl (C=O) groups excluding carboxylic acids is 1. The first kappa shape index (κ1) is 21.6. The average molecular weight is 453 g/mol. The van der Waals surface area contributed by atoms with E-state index >= 15 is 0 Å². The summed E-state index contributed by atoms with van der Waals surface area (Å²) < 4.78 is 26.4. The fraction of sp³-hybridized carbons (Fsp3) is 0.182. The number of benzene rings is 2. The molecule has 1 N–H and O–H groups in total. The molecule has 0 aliphatic heterocycles. The van der Waals surface area contributed by atoms with Crippen molar-refractivity contribution in [1.29, 1.82) is 0 Å². The van der Waals surface area contributed by atoms with E-state index in [1.165, 1.54) is 17.8 Å². The molecule has 0 saturated carbocycles. The maximum absolute atomic E-state index is 13.9. The normalized spacial score (nSPS) is 11.8. The van der Waals surface area contributed by atoms with Crippen LogP contribution in [0, 0.1) is 12.7 Å². The minimum absolute atomic E-state index is 0.00130. The first-order valence-corrected chi connectivity index (χ1v) is 10.7. The third-order valence-corrected chi connectivity index (χ3v) is 5.48. The molecule has 1 amide bonds. The van der Waals surface area contributed by atoms with Gasteiger partial charge in [0.2, 0.25) is 11.8 Å². The van der Waals surface area contributed by atoms with Crippen molar-refractivity contribution in [1.82, 2.24) is 19.9 Å². The maximum atomic E-state index is 13.9. The van der Waals surface area contributed by atoms with E-state index in [4.69, 9.17) is 9.26 Å². The van der Waals surface area contributed by atoms with Crippen molar-refractivity contribution in [2.75, 3.05) is 5.32 Å². The van der Waals surface area contributed by atoms with Crippen LogP contribution in [0.4, 0.5) is 10.3 Å². The van der Waals surface area contributed by atoms with Gasteiger partial charge < -0.3 is 9.26 Å². The molecule has 4 aromatic rings. The topological polar surface area (TPSA) is 95.1 Å². The number of rotatable bonds is 8. The molecule has 0 spiro atoms. The minimum atomic E-state index is -0.507. The highest BCUT2D eigenvalue weighted by atomic mass is 32.2. The number of amides is 1. The predicted molar refractivity (Wildman–Crippen MR) is 117 cm³/mol. The zero-order chi connectivity index (χ0) is 22.5. The van der Waals surface area contributed by atoms with Crippen molar-refractivity contribution in [3.63, 3.8) is 0 Å². The fourth-order valence-electron chi connectivity index (χ4n) is 2.87. The molecule has 2 heterocycles. The van der Waals surface area contributed by atoms with Gasteiger partial charge in [-0.15, -0.1) is 10.2 Å². The molecule has 164 valence electrons. The standard InChI is InChI=1S/C22H20FN5O3S/c1-14-12-20(31-27-14)24-21(29)15(2)32-22-26-25-19(28(22)16-8-4-3-5-9-16)13-30-18-11-7-6-10-17(18)23/h3-12,15H,13H2,1-2H3,(H,24,29). The molecule has 1 unspecified atom stereocenters. The Morgan fingerprint density at radius 2 is 1.94 bits per heavy atom. The van der Waals surface area contributed by atoms with Gasteiger partial charge in [0.1, 0.15) is 6.61 Å². The Morgan fingerprint density at radius 1 is 1.19 bits per heavy atom. The molecule has 4 rings (SSSR count). The number of thioether (sulfide) groups is 1. The molecule has 2 aromatic carbocycles. The maximum Gasteiger partial charge on any atom is 0.240 e. The van der Waals surface area contributed by atoms with E-state index in [1.54, 1.807) is 42.7 Å². The van der Waals surface area contributed by atoms with Crippen LogP contribution in [0.5, 0.6) is 5.75 Å². The summed E-state index contributed by atoms with van der Waals surface area (Å²) in [5.74, 6) is 0.155. The number of carbonyl (C=O) groups is 1. The number of halogens is 1. The molecule has 8 nitrogen and oxygen atoms in total. The van der Waals surface area contributed by atoms with Gasteiger partial charge in [-0.05, 0) is 38.1 Å². The number of hydrogen-bond donors (Lipinski definition) is 1. The van der Waals surface area contributed by atoms with Crippen molar-refractivity contribution >= 4 is 23.6 Å². The summed E-state index contributed by atoms with van der Waals surface area (Å²) in [5.41, 5.74) is 1.47. The van der Waals surface area contributed by atoms with Gasteiger partial charge in [0.25, 0.3) is 0 Å². The van der Waals surface area contributed by atoms with E-state index in [0.717, 1.165) is 5.69 Å². The molecule has 32 heavy (non-hydrogen) atoms. The molecule has 0 fully saturated rings. The summed E-state index contributed by atoms with van der Waals surface area (Å²) in [7, 11) is 0. The molecule has 1 atom stereocenters. The molecule has 10 heteroatoms. The second kappa shape index (κ2) is 9.65. The van der Waals surface area contributed by atoms with Gasteiger partial charge in [-0.1, -0.05) is 47.3 Å². The quantitative estimate of drug-likeness (QED) is 0.395. The molecule has 0 aliphatic carbocycles. The lowest BCUT2D eigenvalue weighted by Gasteiger charge is -2.13. The second-order valence-corrected chi connectivity index (χ2v) is 8.18. The summed E-state index contributed by atoms with van der Waals surface area (Å²) in [4.78, 5) is 12.6.